The maximum atomic E-state index is 15.1. The van der Waals surface area contributed by atoms with E-state index < -0.39 is 126 Å². The average Bonchev–Trinajstić information content (AvgIpc) is 3.39. The van der Waals surface area contributed by atoms with Crippen LogP contribution in [0.15, 0.2) is 54.6 Å². The predicted molar refractivity (Wildman–Crippen MR) is 290 cm³/mol. The molecule has 0 unspecified atom stereocenters. The number of aliphatic hydroxyl groups excluding tert-OH is 1. The summed E-state index contributed by atoms with van der Waals surface area (Å²) >= 11 is 0. The summed E-state index contributed by atoms with van der Waals surface area (Å²) in [6, 6.07) is 2.63. The second kappa shape index (κ2) is 29.0. The second-order valence-electron chi connectivity index (χ2n) is 22.6. The number of alkyl halides is 3. The third-order valence-corrected chi connectivity index (χ3v) is 14.7. The number of carbonyl (C=O) groups is 9. The Balaban J connectivity index is 1.94. The average molecular weight is 1110 g/mol. The maximum Gasteiger partial charge on any atom is 0.416 e. The third-order valence-electron chi connectivity index (χ3n) is 14.7. The molecule has 0 bridgehead atoms. The number of rotatable bonds is 12. The van der Waals surface area contributed by atoms with Gasteiger partial charge < -0.3 is 50.5 Å². The van der Waals surface area contributed by atoms with Crippen LogP contribution in [-0.2, 0) is 62.2 Å². The summed E-state index contributed by atoms with van der Waals surface area (Å²) < 4.78 is 41.2. The zero-order valence-electron chi connectivity index (χ0n) is 48.0. The number of hydrogen-bond acceptors (Lipinski definition) is 10. The minimum Gasteiger partial charge on any atom is -0.391 e. The normalized spacial score (nSPS) is 24.4. The van der Waals surface area contributed by atoms with Gasteiger partial charge in [0.2, 0.25) is 53.2 Å². The summed E-state index contributed by atoms with van der Waals surface area (Å²) in [5, 5.41) is 19.3. The zero-order valence-corrected chi connectivity index (χ0v) is 48.0. The van der Waals surface area contributed by atoms with Crippen LogP contribution < -0.4 is 16.0 Å². The van der Waals surface area contributed by atoms with Crippen LogP contribution in [0.25, 0.3) is 0 Å². The van der Waals surface area contributed by atoms with Crippen molar-refractivity contribution in [3.05, 3.63) is 71.3 Å². The molecule has 0 aromatic heterocycles. The zero-order chi connectivity index (χ0) is 59.2. The van der Waals surface area contributed by atoms with E-state index in [2.05, 4.69) is 16.0 Å². The van der Waals surface area contributed by atoms with Crippen molar-refractivity contribution in [3.8, 4) is 0 Å². The molecule has 2 aliphatic rings. The Kier molecular flexibility index (Phi) is 23.9. The molecule has 79 heavy (non-hydrogen) atoms. The van der Waals surface area contributed by atoms with Crippen LogP contribution in [0.2, 0.25) is 0 Å². The Morgan fingerprint density at radius 1 is 0.582 bits per heavy atom. The fourth-order valence-electron chi connectivity index (χ4n) is 10.0. The SMILES string of the molecule is CC(C)C[C@H]1C(=O)N(C)CC(=O)N[C@@H](Cc2ccccc2)C(=O)N[C@@H](Cc2ccc(C(F)(F)F)cc2)C(=O)N(C)[C@@H](CC(C)C)C(=O)N(C)[C@@H](CC(C)C)C(=O)N[C@@H]([C@@H](C)O)C(=O)N(C)[C@H](C(=O)N2CCCCC2)CC(=O)N1C. The van der Waals surface area contributed by atoms with Crippen LogP contribution in [0.1, 0.15) is 110 Å². The lowest BCUT2D eigenvalue weighted by atomic mass is 9.96. The molecule has 19 nitrogen and oxygen atoms in total. The smallest absolute Gasteiger partial charge is 0.391 e. The van der Waals surface area contributed by atoms with Crippen molar-refractivity contribution in [3.63, 3.8) is 0 Å². The van der Waals surface area contributed by atoms with E-state index in [9.17, 15) is 51.8 Å². The minimum atomic E-state index is -4.68. The highest BCUT2D eigenvalue weighted by atomic mass is 19.4. The largest absolute Gasteiger partial charge is 0.416 e. The van der Waals surface area contributed by atoms with E-state index in [4.69, 9.17) is 0 Å². The molecule has 0 saturated carbocycles. The predicted octanol–water partition coefficient (Wildman–Crippen LogP) is 3.65. The molecule has 2 fully saturated rings. The molecule has 9 amide bonds. The van der Waals surface area contributed by atoms with E-state index in [0.29, 0.717) is 31.5 Å². The number of halogens is 3. The quantitative estimate of drug-likeness (QED) is 0.241. The number of amides is 9. The highest BCUT2D eigenvalue weighted by molar-refractivity contribution is 5.99. The van der Waals surface area contributed by atoms with Crippen molar-refractivity contribution in [2.24, 2.45) is 17.8 Å². The van der Waals surface area contributed by atoms with E-state index in [0.717, 1.165) is 38.2 Å². The van der Waals surface area contributed by atoms with Crippen molar-refractivity contribution in [1.29, 1.82) is 0 Å². The minimum absolute atomic E-state index is 0.0270. The topological polar surface area (TPSA) is 229 Å². The molecule has 2 aliphatic heterocycles. The summed E-state index contributed by atoms with van der Waals surface area (Å²) in [5.74, 6) is -7.62. The van der Waals surface area contributed by atoms with Gasteiger partial charge >= 0.3 is 6.18 Å². The Morgan fingerprint density at radius 2 is 1.09 bits per heavy atom. The summed E-state index contributed by atoms with van der Waals surface area (Å²) in [5.41, 5.74) is -0.157. The van der Waals surface area contributed by atoms with Crippen LogP contribution in [0, 0.1) is 17.8 Å². The molecule has 2 aromatic carbocycles. The van der Waals surface area contributed by atoms with Crippen molar-refractivity contribution < 1.29 is 61.4 Å². The third kappa shape index (κ3) is 18.2. The molecular formula is C57H84F3N9O10. The lowest BCUT2D eigenvalue weighted by Gasteiger charge is -2.39. The van der Waals surface area contributed by atoms with Gasteiger partial charge in [0.1, 0.15) is 42.3 Å². The Bertz CT molecular complexity index is 2430. The first-order valence-electron chi connectivity index (χ1n) is 27.3. The number of nitrogens with one attached hydrogen (secondary N) is 3. The van der Waals surface area contributed by atoms with Crippen molar-refractivity contribution in [2.45, 2.75) is 161 Å². The molecule has 2 aromatic rings. The van der Waals surface area contributed by atoms with Crippen LogP contribution in [-0.4, -0.2) is 191 Å². The Hall–Kier alpha value is -6.58. The molecule has 2 heterocycles. The highest BCUT2D eigenvalue weighted by Gasteiger charge is 2.43. The number of carbonyl (C=O) groups excluding carboxylic acids is 9. The van der Waals surface area contributed by atoms with Gasteiger partial charge in [-0.05, 0) is 86.5 Å². The van der Waals surface area contributed by atoms with Gasteiger partial charge in [-0.15, -0.1) is 0 Å². The standard InChI is InChI=1S/C57H84F3N9O10/c1-34(2)27-43-51(74)63-49(37(7)70)56(79)68(12)46(55(78)69-25-17-14-18-26-69)32-48(72)65(9)44(28-35(3)4)53(76)64(8)33-47(71)61-41(30-38-19-15-13-16-20-38)50(73)62-42(31-39-21-23-40(24-22-39)57(58,59)60)52(75)67(11)45(29-36(5)6)54(77)66(43)10/h13,15-16,19-24,34-37,41-46,49,70H,14,17-18,25-33H2,1-12H3,(H,61,71)(H,62,73)(H,63,74)/t37-,41+,42+,43+,44+,45+,46+,49+/m1/s1. The lowest BCUT2D eigenvalue weighted by molar-refractivity contribution is -0.153. The van der Waals surface area contributed by atoms with E-state index in [1.54, 1.807) is 62.9 Å². The van der Waals surface area contributed by atoms with E-state index >= 15 is 9.59 Å². The highest BCUT2D eigenvalue weighted by Crippen LogP contribution is 2.30. The molecule has 8 atom stereocenters. The molecule has 22 heteroatoms. The monoisotopic (exact) mass is 1110 g/mol. The molecule has 0 spiro atoms. The number of aliphatic hydroxyl groups is 1. The number of nitrogens with zero attached hydrogens (tertiary/aromatic N) is 6. The first kappa shape index (κ1) is 64.9. The molecule has 4 rings (SSSR count). The van der Waals surface area contributed by atoms with Crippen LogP contribution in [0.5, 0.6) is 0 Å². The van der Waals surface area contributed by atoms with E-state index in [1.165, 1.54) is 59.2 Å². The Morgan fingerprint density at radius 3 is 1.62 bits per heavy atom. The summed E-state index contributed by atoms with van der Waals surface area (Å²) in [6.07, 6.45) is -4.98. The molecule has 438 valence electrons. The molecule has 0 aliphatic carbocycles. The fraction of sp³-hybridized carbons (Fsp3) is 0.632. The van der Waals surface area contributed by atoms with Gasteiger partial charge in [-0.3, -0.25) is 43.2 Å². The first-order valence-corrected chi connectivity index (χ1v) is 27.3. The number of hydrogen-bond donors (Lipinski definition) is 4. The van der Waals surface area contributed by atoms with Gasteiger partial charge in [-0.1, -0.05) is 84.0 Å². The maximum absolute atomic E-state index is 15.1. The van der Waals surface area contributed by atoms with Gasteiger partial charge in [0.25, 0.3) is 0 Å². The van der Waals surface area contributed by atoms with Gasteiger partial charge in [-0.2, -0.15) is 13.2 Å². The van der Waals surface area contributed by atoms with Crippen molar-refractivity contribution in [2.75, 3.05) is 54.9 Å². The first-order chi connectivity index (χ1) is 36.9. The Labute approximate surface area is 463 Å². The van der Waals surface area contributed by atoms with Crippen LogP contribution >= 0.6 is 0 Å². The fourth-order valence-corrected chi connectivity index (χ4v) is 10.0. The number of piperidine rings is 1. The van der Waals surface area contributed by atoms with Gasteiger partial charge in [0.05, 0.1) is 24.6 Å². The van der Waals surface area contributed by atoms with Gasteiger partial charge in [-0.25, -0.2) is 0 Å². The number of likely N-dealkylation sites (tertiary alicyclic amines) is 1. The van der Waals surface area contributed by atoms with Crippen LogP contribution in [0.4, 0.5) is 13.2 Å². The molecule has 0 radical (unpaired) electrons. The molecular weight excluding hydrogens is 1030 g/mol. The number of likely N-dealkylation sites (N-methyl/N-ethyl adjacent to an activating group) is 5. The van der Waals surface area contributed by atoms with Crippen molar-refractivity contribution >= 4 is 53.2 Å². The second-order valence-corrected chi connectivity index (χ2v) is 22.6. The van der Waals surface area contributed by atoms with Gasteiger partial charge in [0, 0.05) is 61.2 Å². The number of benzene rings is 2. The van der Waals surface area contributed by atoms with E-state index in [-0.39, 0.29) is 55.4 Å². The van der Waals surface area contributed by atoms with Crippen LogP contribution in [0.3, 0.4) is 0 Å². The molecule has 2 saturated heterocycles. The summed E-state index contributed by atoms with van der Waals surface area (Å²) in [4.78, 5) is 139. The lowest BCUT2D eigenvalue weighted by Crippen LogP contribution is -2.62. The summed E-state index contributed by atoms with van der Waals surface area (Å²) in [6.45, 7) is 12.2. The van der Waals surface area contributed by atoms with E-state index in [1.807, 2.05) is 13.8 Å². The molecule has 4 N–H and O–H groups in total. The summed E-state index contributed by atoms with van der Waals surface area (Å²) in [7, 11) is 6.72. The van der Waals surface area contributed by atoms with Gasteiger partial charge in [0.15, 0.2) is 0 Å². The van der Waals surface area contributed by atoms with Crippen molar-refractivity contribution in [1.82, 2.24) is 45.3 Å².